The Balaban J connectivity index is 1.13. The Morgan fingerprint density at radius 3 is 2.25 bits per heavy atom. The number of allylic oxidation sites excluding steroid dienone is 2. The molecule has 4 saturated heterocycles. The highest BCUT2D eigenvalue weighted by atomic mass is 127. The van der Waals surface area contributed by atoms with Crippen LogP contribution in [0.4, 0.5) is 4.79 Å². The zero-order valence-corrected chi connectivity index (χ0v) is 56.4. The molecule has 0 spiro atoms. The fraction of sp³-hybridized carbons (Fsp3) is 0.678. The number of aliphatic hydroxyl groups is 5. The predicted molar refractivity (Wildman–Crippen MR) is 332 cm³/mol. The number of hydrogen-bond donors (Lipinski definition) is 7. The van der Waals surface area contributed by atoms with Gasteiger partial charge in [-0.2, -0.15) is 5.48 Å². The summed E-state index contributed by atoms with van der Waals surface area (Å²) in [4.78, 5) is 73.4. The summed E-state index contributed by atoms with van der Waals surface area (Å²) in [5.41, 5.74) is 1.26. The summed E-state index contributed by atoms with van der Waals surface area (Å²) in [6.45, 7) is 14.0. The number of nitrogens with zero attached hydrogens (tertiary/aromatic N) is 1. The molecule has 18 unspecified atom stereocenters. The van der Waals surface area contributed by atoms with E-state index >= 15 is 0 Å². The van der Waals surface area contributed by atoms with Crippen molar-refractivity contribution in [2.45, 2.75) is 201 Å². The summed E-state index contributed by atoms with van der Waals surface area (Å²) in [6.07, 6.45) is -13.4. The Labute approximate surface area is 543 Å². The summed E-state index contributed by atoms with van der Waals surface area (Å²) in [5, 5.41) is 59.4. The molecule has 19 atom stereocenters. The standard InChI is InChI=1S/C59H82IN3O23S3/c1-14-63(31(6)65)33-26-79-38(24-37(33)74-9)84-51-46(69)43(28(3)81-56(51)83-36-17-15-16-19-59(73)25-35(67)44(61-57(72)78-13)41(36)32(59)18-22-87-89-58(7,8)20-21-64)62-86-39-23-34(66)53(30(5)80-39)88-54(71)40-27(2)42(60)49(52(77-12)48(40)75-10)85-55-47(70)50(76-11)45(68)29(4)82-55/h15,17-18,21,28-30,33-34,36-39,43,45-47,50-51,53,55-56,62,66,68-70,73H,14,20,22-26H2,1-13H3,(H,61,72)/b17-15-,32-18+/t28?,29?,30?,33?,34?,36-,37?,38?,39?,43?,45?,46?,47?,50?,51?,53?,55?,56?,59?/m0/s1. The van der Waals surface area contributed by atoms with Gasteiger partial charge in [0, 0.05) is 68.6 Å². The molecule has 4 fully saturated rings. The van der Waals surface area contributed by atoms with Gasteiger partial charge in [-0.25, -0.2) is 4.79 Å². The highest BCUT2D eigenvalue weighted by Gasteiger charge is 2.52. The first kappa shape index (κ1) is 72.8. The highest BCUT2D eigenvalue weighted by molar-refractivity contribution is 14.1. The van der Waals surface area contributed by atoms with E-state index in [2.05, 4.69) is 22.6 Å². The van der Waals surface area contributed by atoms with Crippen molar-refractivity contribution in [1.29, 1.82) is 0 Å². The third-order valence-electron chi connectivity index (χ3n) is 16.1. The number of fused-ring (bicyclic) bond motifs is 2. The number of aliphatic hydroxyl groups excluding tert-OH is 4. The second kappa shape index (κ2) is 32.0. The molecular formula is C59H82IN3O23S3. The van der Waals surface area contributed by atoms with Crippen molar-refractivity contribution in [2.24, 2.45) is 0 Å². The summed E-state index contributed by atoms with van der Waals surface area (Å²) < 4.78 is 72.3. The molecule has 1 aromatic rings. The van der Waals surface area contributed by atoms with E-state index in [1.54, 1.807) is 38.7 Å². The smallest absolute Gasteiger partial charge is 0.411 e. The first-order valence-corrected chi connectivity index (χ1v) is 33.2. The Morgan fingerprint density at radius 1 is 0.910 bits per heavy atom. The molecule has 0 aromatic heterocycles. The van der Waals surface area contributed by atoms with Crippen molar-refractivity contribution < 1.29 is 111 Å². The Kier molecular flexibility index (Phi) is 26.1. The maximum absolute atomic E-state index is 14.5. The number of likely N-dealkylation sites (N-methyl/N-ethyl adjacent to an activating group) is 1. The first-order chi connectivity index (χ1) is 42.2. The third-order valence-corrected chi connectivity index (χ3v) is 21.9. The number of amides is 2. The Morgan fingerprint density at radius 2 is 1.62 bits per heavy atom. The molecule has 0 radical (unpaired) electrons. The minimum Gasteiger partial charge on any atom is -0.492 e. The SMILES string of the molecule is CCN(C(C)=O)C1COC(OC2C(O[C@H]3/C=C\C#CC4(O)CC(=O)C(NC(=O)OC)=C3/C4=C\CSSC(C)(C)CC=O)OC(C)C(NOC3CC(O)C(SC(=O)c4c(C)c(I)c(OC5OC(C)C(O)C(OC)C5O)c(OC)c4OC)C(C)O3)C2O)CC1OC. The van der Waals surface area contributed by atoms with Gasteiger partial charge in [-0.05, 0) is 88.8 Å². The monoisotopic (exact) mass is 1420 g/mol. The maximum Gasteiger partial charge on any atom is 0.411 e. The van der Waals surface area contributed by atoms with Gasteiger partial charge in [-0.1, -0.05) is 51.3 Å². The van der Waals surface area contributed by atoms with Crippen LogP contribution in [0, 0.1) is 22.3 Å². The van der Waals surface area contributed by atoms with Gasteiger partial charge in [0.05, 0.1) is 97.0 Å². The number of alkyl carbamates (subject to hydrolysis) is 1. The number of rotatable bonds is 24. The number of carbonyl (C=O) groups is 5. The minimum absolute atomic E-state index is 0.0122. The van der Waals surface area contributed by atoms with Crippen molar-refractivity contribution in [2.75, 3.05) is 54.5 Å². The number of methoxy groups -OCH3 is 5. The number of Topliss-reactive ketones (excluding diaryl/α,β-unsaturated/α-hetero) is 1. The van der Waals surface area contributed by atoms with Crippen molar-refractivity contribution in [1.82, 2.24) is 15.7 Å². The number of aldehydes is 1. The molecule has 4 aliphatic heterocycles. The molecular weight excluding hydrogens is 1340 g/mol. The van der Waals surface area contributed by atoms with Crippen molar-refractivity contribution in [3.05, 3.63) is 49.8 Å². The molecule has 89 heavy (non-hydrogen) atoms. The van der Waals surface area contributed by atoms with Crippen LogP contribution >= 0.6 is 55.9 Å². The minimum atomic E-state index is -2.07. The van der Waals surface area contributed by atoms with Crippen molar-refractivity contribution in [3.8, 4) is 29.1 Å². The highest BCUT2D eigenvalue weighted by Crippen LogP contribution is 2.49. The van der Waals surface area contributed by atoms with E-state index in [-0.39, 0.29) is 77.2 Å². The number of carbonyl (C=O) groups excluding carboxylic acids is 5. The van der Waals surface area contributed by atoms with Crippen LogP contribution in [-0.4, -0.2) is 234 Å². The van der Waals surface area contributed by atoms with Crippen LogP contribution in [0.25, 0.3) is 0 Å². The molecule has 6 aliphatic rings. The van der Waals surface area contributed by atoms with Gasteiger partial charge in [0.2, 0.25) is 23.1 Å². The van der Waals surface area contributed by atoms with Gasteiger partial charge in [0.25, 0.3) is 0 Å². The fourth-order valence-corrected chi connectivity index (χ4v) is 15.5. The van der Waals surface area contributed by atoms with E-state index in [1.807, 2.05) is 43.4 Å². The average Bonchev–Trinajstić information content (AvgIpc) is 1.11. The molecule has 1 aromatic carbocycles. The Hall–Kier alpha value is -3.67. The molecule has 7 N–H and O–H groups in total. The van der Waals surface area contributed by atoms with E-state index in [4.69, 9.17) is 61.7 Å². The second-order valence-corrected chi connectivity index (χ2v) is 27.8. The molecule has 7 rings (SSSR count). The number of ketones is 1. The number of thioether (sulfide) groups is 1. The van der Waals surface area contributed by atoms with Gasteiger partial charge in [0.1, 0.15) is 42.9 Å². The topological polar surface area (TPSA) is 334 Å². The van der Waals surface area contributed by atoms with Crippen LogP contribution in [0.15, 0.2) is 35.1 Å². The number of nitrogens with one attached hydrogen (secondary N) is 2. The first-order valence-electron chi connectivity index (χ1n) is 28.9. The second-order valence-electron chi connectivity index (χ2n) is 22.5. The predicted octanol–water partition coefficient (Wildman–Crippen LogP) is 3.54. The van der Waals surface area contributed by atoms with Crippen LogP contribution < -0.4 is 25.0 Å². The lowest BCUT2D eigenvalue weighted by atomic mass is 9.75. The van der Waals surface area contributed by atoms with Crippen molar-refractivity contribution in [3.63, 3.8) is 0 Å². The number of benzene rings is 1. The third kappa shape index (κ3) is 16.6. The van der Waals surface area contributed by atoms with Crippen LogP contribution in [-0.2, 0) is 61.9 Å². The van der Waals surface area contributed by atoms with Crippen LogP contribution in [0.1, 0.15) is 90.1 Å². The summed E-state index contributed by atoms with van der Waals surface area (Å²) in [5.74, 6) is 5.10. The van der Waals surface area contributed by atoms with Crippen LogP contribution in [0.3, 0.4) is 0 Å². The average molecular weight is 1420 g/mol. The van der Waals surface area contributed by atoms with E-state index in [0.717, 1.165) is 25.2 Å². The normalized spacial score (nSPS) is 34.7. The number of hydroxylamine groups is 1. The number of halogens is 1. The maximum atomic E-state index is 14.5. The van der Waals surface area contributed by atoms with Crippen molar-refractivity contribution >= 4 is 85.1 Å². The summed E-state index contributed by atoms with van der Waals surface area (Å²) in [7, 11) is 9.51. The number of hydrogen-bond acceptors (Lipinski definition) is 27. The van der Waals surface area contributed by atoms with Gasteiger partial charge in [-0.15, -0.1) is 0 Å². The molecule has 2 aliphatic carbocycles. The lowest BCUT2D eigenvalue weighted by Crippen LogP contribution is -2.65. The quantitative estimate of drug-likeness (QED) is 0.0194. The molecule has 2 amide bonds. The van der Waals surface area contributed by atoms with Gasteiger partial charge in [-0.3, -0.25) is 24.5 Å². The van der Waals surface area contributed by atoms with Gasteiger partial charge >= 0.3 is 6.09 Å². The van der Waals surface area contributed by atoms with Gasteiger partial charge < -0.3 is 92.1 Å². The zero-order chi connectivity index (χ0) is 65.4. The van der Waals surface area contributed by atoms with Crippen LogP contribution in [0.2, 0.25) is 0 Å². The lowest BCUT2D eigenvalue weighted by Gasteiger charge is -2.47. The summed E-state index contributed by atoms with van der Waals surface area (Å²) >= 11 is 2.80. The van der Waals surface area contributed by atoms with E-state index in [1.165, 1.54) is 69.1 Å². The summed E-state index contributed by atoms with van der Waals surface area (Å²) in [6, 6.07) is -1.62. The molecule has 26 nitrogen and oxygen atoms in total. The fourth-order valence-electron chi connectivity index (χ4n) is 11.4. The van der Waals surface area contributed by atoms with E-state index < -0.39 is 143 Å². The molecule has 0 saturated carbocycles. The van der Waals surface area contributed by atoms with Crippen LogP contribution in [0.5, 0.6) is 17.2 Å². The molecule has 4 heterocycles. The van der Waals surface area contributed by atoms with E-state index in [0.29, 0.717) is 15.7 Å². The molecule has 496 valence electrons. The largest absolute Gasteiger partial charge is 0.492 e. The van der Waals surface area contributed by atoms with Gasteiger partial charge in [0.15, 0.2) is 41.8 Å². The molecule has 2 bridgehead atoms. The Bertz CT molecular complexity index is 2860. The number of ether oxygens (including phenoxy) is 12. The zero-order valence-electron chi connectivity index (χ0n) is 51.8. The lowest BCUT2D eigenvalue weighted by molar-refractivity contribution is -0.337. The van der Waals surface area contributed by atoms with E-state index in [9.17, 15) is 49.5 Å². The molecule has 30 heteroatoms.